The molecule has 0 aromatic heterocycles. The van der Waals surface area contributed by atoms with Gasteiger partial charge in [0.15, 0.2) is 0 Å². The highest BCUT2D eigenvalue weighted by molar-refractivity contribution is 5.39. The van der Waals surface area contributed by atoms with Crippen molar-refractivity contribution in [3.05, 3.63) is 71.8 Å². The molecule has 1 aliphatic rings. The van der Waals surface area contributed by atoms with Crippen molar-refractivity contribution >= 4 is 0 Å². The number of hydrogen-bond acceptors (Lipinski definition) is 0. The Bertz CT molecular complexity index is 463. The average Bonchev–Trinajstić information content (AvgIpc) is 2.65. The van der Waals surface area contributed by atoms with E-state index in [2.05, 4.69) is 88.4 Å². The van der Waals surface area contributed by atoms with Crippen molar-refractivity contribution in [2.45, 2.75) is 78.1 Å². The van der Waals surface area contributed by atoms with Crippen LogP contribution in [0, 0.1) is 0 Å². The molecule has 0 heterocycles. The largest absolute Gasteiger partial charge is 0.0656 e. The molecule has 1 saturated carbocycles. The van der Waals surface area contributed by atoms with Crippen molar-refractivity contribution < 1.29 is 0 Å². The molecule has 0 amide bonds. The molecule has 0 saturated heterocycles. The summed E-state index contributed by atoms with van der Waals surface area (Å²) in [5.41, 5.74) is 3.26. The van der Waals surface area contributed by atoms with E-state index in [1.54, 1.807) is 0 Å². The van der Waals surface area contributed by atoms with Gasteiger partial charge in [-0.25, -0.2) is 0 Å². The molecule has 0 aliphatic heterocycles. The number of hydrogen-bond donors (Lipinski definition) is 0. The normalized spacial score (nSPS) is 15.3. The summed E-state index contributed by atoms with van der Waals surface area (Å²) in [6.07, 6.45) is 9.18. The second-order valence-electron chi connectivity index (χ2n) is 6.79. The van der Waals surface area contributed by atoms with Crippen LogP contribution in [0.15, 0.2) is 60.7 Å². The Morgan fingerprint density at radius 1 is 0.583 bits per heavy atom. The fourth-order valence-corrected chi connectivity index (χ4v) is 3.41. The lowest BCUT2D eigenvalue weighted by molar-refractivity contribution is 0.346. The van der Waals surface area contributed by atoms with Gasteiger partial charge in [0.2, 0.25) is 0 Å². The third kappa shape index (κ3) is 5.82. The van der Waals surface area contributed by atoms with Crippen LogP contribution in [0.5, 0.6) is 0 Å². The van der Waals surface area contributed by atoms with Crippen LogP contribution in [0.1, 0.15) is 83.8 Å². The van der Waals surface area contributed by atoms with Gasteiger partial charge in [-0.05, 0) is 24.0 Å². The summed E-state index contributed by atoms with van der Waals surface area (Å²) in [5.74, 6) is 0. The van der Waals surface area contributed by atoms with Gasteiger partial charge in [-0.2, -0.15) is 0 Å². The minimum atomic E-state index is 0.265. The molecule has 0 N–H and O–H groups in total. The van der Waals surface area contributed by atoms with Crippen LogP contribution in [-0.2, 0) is 5.41 Å². The maximum absolute atomic E-state index is 2.30. The van der Waals surface area contributed by atoms with Crippen molar-refractivity contribution in [2.24, 2.45) is 0 Å². The molecule has 132 valence electrons. The molecule has 24 heavy (non-hydrogen) atoms. The Morgan fingerprint density at radius 2 is 0.917 bits per heavy atom. The number of rotatable bonds is 2. The molecular formula is C24H36. The fraction of sp³-hybridized carbons (Fsp3) is 0.500. The van der Waals surface area contributed by atoms with E-state index in [4.69, 9.17) is 0 Å². The van der Waals surface area contributed by atoms with Crippen LogP contribution in [0.2, 0.25) is 0 Å². The zero-order valence-electron chi connectivity index (χ0n) is 16.2. The molecule has 0 heteroatoms. The second-order valence-corrected chi connectivity index (χ2v) is 6.79. The van der Waals surface area contributed by atoms with E-state index in [0.717, 1.165) is 0 Å². The van der Waals surface area contributed by atoms with E-state index in [-0.39, 0.29) is 5.41 Å². The lowest BCUT2D eigenvalue weighted by Gasteiger charge is -2.38. The van der Waals surface area contributed by atoms with E-state index in [0.29, 0.717) is 0 Å². The molecule has 3 rings (SSSR count). The SMILES string of the molecule is CCC.CCC.c1ccc(C2(c3ccccc3)CCCCC2)cc1. The molecule has 0 radical (unpaired) electrons. The molecule has 0 unspecified atom stereocenters. The highest BCUT2D eigenvalue weighted by atomic mass is 14.4. The van der Waals surface area contributed by atoms with E-state index in [1.807, 2.05) is 0 Å². The van der Waals surface area contributed by atoms with E-state index < -0.39 is 0 Å². The van der Waals surface area contributed by atoms with E-state index in [1.165, 1.54) is 56.1 Å². The van der Waals surface area contributed by atoms with Crippen molar-refractivity contribution in [2.75, 3.05) is 0 Å². The van der Waals surface area contributed by atoms with Gasteiger partial charge in [0.05, 0.1) is 0 Å². The van der Waals surface area contributed by atoms with Crippen LogP contribution >= 0.6 is 0 Å². The van der Waals surface area contributed by atoms with Gasteiger partial charge in [-0.1, -0.05) is 120 Å². The maximum Gasteiger partial charge on any atom is 0.0202 e. The van der Waals surface area contributed by atoms with Crippen molar-refractivity contribution in [1.29, 1.82) is 0 Å². The molecule has 1 fully saturated rings. The van der Waals surface area contributed by atoms with E-state index in [9.17, 15) is 0 Å². The third-order valence-electron chi connectivity index (χ3n) is 4.36. The molecule has 2 aromatic rings. The van der Waals surface area contributed by atoms with Crippen LogP contribution < -0.4 is 0 Å². The van der Waals surface area contributed by atoms with Gasteiger partial charge in [0.1, 0.15) is 0 Å². The zero-order valence-corrected chi connectivity index (χ0v) is 16.2. The van der Waals surface area contributed by atoms with Gasteiger partial charge in [-0.15, -0.1) is 0 Å². The molecule has 0 atom stereocenters. The smallest absolute Gasteiger partial charge is 0.0202 e. The standard InChI is InChI=1S/C18H20.2C3H8/c1-4-10-16(11-5-1)18(14-8-3-9-15-18)17-12-6-2-7-13-17;2*1-3-2/h1-2,4-7,10-13H,3,8-9,14-15H2;2*3H2,1-2H3. The number of benzene rings is 2. The fourth-order valence-electron chi connectivity index (χ4n) is 3.41. The van der Waals surface area contributed by atoms with Crippen molar-refractivity contribution in [3.8, 4) is 0 Å². The molecule has 1 aliphatic carbocycles. The Hall–Kier alpha value is -1.56. The average molecular weight is 325 g/mol. The highest BCUT2D eigenvalue weighted by Gasteiger charge is 2.35. The highest BCUT2D eigenvalue weighted by Crippen LogP contribution is 2.44. The first-order chi connectivity index (χ1) is 11.7. The monoisotopic (exact) mass is 324 g/mol. The lowest BCUT2D eigenvalue weighted by atomic mass is 9.65. The second kappa shape index (κ2) is 11.9. The first-order valence-corrected chi connectivity index (χ1v) is 9.86. The zero-order chi connectivity index (χ0) is 17.7. The topological polar surface area (TPSA) is 0 Å². The molecule has 0 nitrogen and oxygen atoms in total. The molecule has 0 spiro atoms. The minimum absolute atomic E-state index is 0.265. The van der Waals surface area contributed by atoms with Crippen molar-refractivity contribution in [1.82, 2.24) is 0 Å². The first-order valence-electron chi connectivity index (χ1n) is 9.86. The summed E-state index contributed by atoms with van der Waals surface area (Å²) >= 11 is 0. The predicted octanol–water partition coefficient (Wildman–Crippen LogP) is 7.77. The van der Waals surface area contributed by atoms with Gasteiger partial charge >= 0.3 is 0 Å². The Labute approximate surface area is 150 Å². The summed E-state index contributed by atoms with van der Waals surface area (Å²) in [7, 11) is 0. The summed E-state index contributed by atoms with van der Waals surface area (Å²) in [4.78, 5) is 0. The Morgan fingerprint density at radius 3 is 1.25 bits per heavy atom. The Balaban J connectivity index is 0.000000423. The van der Waals surface area contributed by atoms with Crippen LogP contribution in [0.3, 0.4) is 0 Å². The minimum Gasteiger partial charge on any atom is -0.0656 e. The van der Waals surface area contributed by atoms with Gasteiger partial charge in [-0.3, -0.25) is 0 Å². The van der Waals surface area contributed by atoms with E-state index >= 15 is 0 Å². The lowest BCUT2D eigenvalue weighted by Crippen LogP contribution is -2.30. The predicted molar refractivity (Wildman–Crippen MR) is 109 cm³/mol. The first kappa shape index (κ1) is 20.5. The van der Waals surface area contributed by atoms with Crippen molar-refractivity contribution in [3.63, 3.8) is 0 Å². The maximum atomic E-state index is 2.30. The van der Waals surface area contributed by atoms with Gasteiger partial charge in [0.25, 0.3) is 0 Å². The molecular weight excluding hydrogens is 288 g/mol. The Kier molecular flexibility index (Phi) is 10.2. The van der Waals surface area contributed by atoms with Gasteiger partial charge < -0.3 is 0 Å². The molecule has 0 bridgehead atoms. The van der Waals surface area contributed by atoms with Crippen LogP contribution in [0.4, 0.5) is 0 Å². The van der Waals surface area contributed by atoms with Crippen LogP contribution in [0.25, 0.3) is 0 Å². The molecule has 2 aromatic carbocycles. The quantitative estimate of drug-likeness (QED) is 0.529. The van der Waals surface area contributed by atoms with Crippen LogP contribution in [-0.4, -0.2) is 0 Å². The summed E-state index contributed by atoms with van der Waals surface area (Å²) in [6, 6.07) is 22.1. The summed E-state index contributed by atoms with van der Waals surface area (Å²) in [5, 5.41) is 0. The summed E-state index contributed by atoms with van der Waals surface area (Å²) < 4.78 is 0. The third-order valence-corrected chi connectivity index (χ3v) is 4.36. The summed E-state index contributed by atoms with van der Waals surface area (Å²) in [6.45, 7) is 8.50. The van der Waals surface area contributed by atoms with Gasteiger partial charge in [0, 0.05) is 5.41 Å².